The lowest BCUT2D eigenvalue weighted by molar-refractivity contribution is -0.0324. The summed E-state index contributed by atoms with van der Waals surface area (Å²) in [5, 5.41) is 7.06. The van der Waals surface area contributed by atoms with Gasteiger partial charge < -0.3 is 20.1 Å². The molecule has 5 fully saturated rings. The number of nitrogens with zero attached hydrogens (tertiary/aromatic N) is 1. The number of piperazine rings is 1. The number of rotatable bonds is 1. The fourth-order valence-corrected chi connectivity index (χ4v) is 6.59. The Kier molecular flexibility index (Phi) is 7.03. The zero-order valence-electron chi connectivity index (χ0n) is 17.9. The number of hydrogen-bond donors (Lipinski definition) is 4. The third-order valence-electron chi connectivity index (χ3n) is 8.08. The first-order valence-electron chi connectivity index (χ1n) is 12.3. The maximum Gasteiger partial charge on any atom is 0.0594 e. The maximum absolute atomic E-state index is 6.44. The summed E-state index contributed by atoms with van der Waals surface area (Å²) in [6.07, 6.45) is 9.33. The van der Waals surface area contributed by atoms with Crippen molar-refractivity contribution in [2.45, 2.75) is 75.3 Å². The number of nitrogens with one attached hydrogen (secondary N) is 4. The summed E-state index contributed by atoms with van der Waals surface area (Å²) < 4.78 is 12.7. The van der Waals surface area contributed by atoms with Crippen molar-refractivity contribution >= 4 is 0 Å². The molecular formula is C22H41N5O2. The van der Waals surface area contributed by atoms with E-state index in [1.807, 2.05) is 0 Å². The van der Waals surface area contributed by atoms with Crippen LogP contribution in [-0.2, 0) is 9.47 Å². The Morgan fingerprint density at radius 2 is 1.59 bits per heavy atom. The molecule has 3 heterocycles. The second-order valence-corrected chi connectivity index (χ2v) is 9.89. The van der Waals surface area contributed by atoms with Crippen LogP contribution in [0.25, 0.3) is 0 Å². The third-order valence-corrected chi connectivity index (χ3v) is 8.08. The average molecular weight is 408 g/mol. The SMILES string of the molecule is C1CNCCOC2CC(CC(N3CCNCC3)C2)C2NNC3CCC(CC32)OC1. The van der Waals surface area contributed by atoms with E-state index < -0.39 is 0 Å². The summed E-state index contributed by atoms with van der Waals surface area (Å²) >= 11 is 0. The Labute approximate surface area is 176 Å². The van der Waals surface area contributed by atoms with E-state index in [1.165, 1.54) is 51.6 Å². The smallest absolute Gasteiger partial charge is 0.0594 e. The highest BCUT2D eigenvalue weighted by Crippen LogP contribution is 2.40. The number of hydrazine groups is 1. The van der Waals surface area contributed by atoms with Gasteiger partial charge in [-0.2, -0.15) is 0 Å². The van der Waals surface area contributed by atoms with Crippen LogP contribution in [0.2, 0.25) is 0 Å². The highest BCUT2D eigenvalue weighted by molar-refractivity contribution is 5.01. The van der Waals surface area contributed by atoms with Gasteiger partial charge >= 0.3 is 0 Å². The van der Waals surface area contributed by atoms with Crippen molar-refractivity contribution in [1.29, 1.82) is 0 Å². The molecule has 5 rings (SSSR count). The van der Waals surface area contributed by atoms with Crippen LogP contribution < -0.4 is 21.5 Å². The van der Waals surface area contributed by atoms with Gasteiger partial charge in [0, 0.05) is 57.5 Å². The molecule has 0 amide bonds. The monoisotopic (exact) mass is 407 g/mol. The van der Waals surface area contributed by atoms with Crippen molar-refractivity contribution < 1.29 is 9.47 Å². The highest BCUT2D eigenvalue weighted by Gasteiger charge is 2.46. The lowest BCUT2D eigenvalue weighted by Gasteiger charge is -2.45. The molecular weight excluding hydrogens is 366 g/mol. The second kappa shape index (κ2) is 9.90. The van der Waals surface area contributed by atoms with Gasteiger partial charge in [0.2, 0.25) is 0 Å². The van der Waals surface area contributed by atoms with Crippen LogP contribution >= 0.6 is 0 Å². The summed E-state index contributed by atoms with van der Waals surface area (Å²) in [5.41, 5.74) is 7.42. The molecule has 4 N–H and O–H groups in total. The summed E-state index contributed by atoms with van der Waals surface area (Å²) in [7, 11) is 0. The minimum absolute atomic E-state index is 0.400. The van der Waals surface area contributed by atoms with E-state index in [9.17, 15) is 0 Å². The molecule has 0 radical (unpaired) electrons. The molecule has 29 heavy (non-hydrogen) atoms. The predicted octanol–water partition coefficient (Wildman–Crippen LogP) is 0.469. The van der Waals surface area contributed by atoms with Crippen LogP contribution in [0.15, 0.2) is 0 Å². The Balaban J connectivity index is 1.32. The molecule has 3 aliphatic heterocycles. The minimum atomic E-state index is 0.400. The van der Waals surface area contributed by atoms with E-state index in [0.29, 0.717) is 42.2 Å². The zero-order valence-corrected chi connectivity index (χ0v) is 17.9. The van der Waals surface area contributed by atoms with Gasteiger partial charge in [-0.3, -0.25) is 15.8 Å². The van der Waals surface area contributed by atoms with Crippen LogP contribution in [0.5, 0.6) is 0 Å². The van der Waals surface area contributed by atoms with Crippen LogP contribution in [0.1, 0.15) is 44.9 Å². The molecule has 3 saturated heterocycles. The van der Waals surface area contributed by atoms with Gasteiger partial charge in [0.1, 0.15) is 0 Å². The van der Waals surface area contributed by atoms with Crippen LogP contribution in [0.3, 0.4) is 0 Å². The number of hydrogen-bond acceptors (Lipinski definition) is 7. The van der Waals surface area contributed by atoms with Gasteiger partial charge in [0.05, 0.1) is 18.8 Å². The molecule has 0 aromatic heterocycles. The van der Waals surface area contributed by atoms with Crippen LogP contribution in [0.4, 0.5) is 0 Å². The molecule has 2 aliphatic carbocycles. The lowest BCUT2D eigenvalue weighted by Crippen LogP contribution is -2.54. The Morgan fingerprint density at radius 3 is 2.52 bits per heavy atom. The third kappa shape index (κ3) is 4.97. The molecule has 7 unspecified atom stereocenters. The minimum Gasteiger partial charge on any atom is -0.378 e. The summed E-state index contributed by atoms with van der Waals surface area (Å²) in [6, 6.07) is 1.85. The Hall–Kier alpha value is -0.280. The molecule has 7 atom stereocenters. The van der Waals surface area contributed by atoms with Crippen molar-refractivity contribution in [3.63, 3.8) is 0 Å². The molecule has 166 valence electrons. The summed E-state index contributed by atoms with van der Waals surface area (Å²) in [5.74, 6) is 1.39. The Morgan fingerprint density at radius 1 is 0.724 bits per heavy atom. The molecule has 7 heteroatoms. The van der Waals surface area contributed by atoms with Crippen molar-refractivity contribution in [3.8, 4) is 0 Å². The van der Waals surface area contributed by atoms with Gasteiger partial charge in [-0.05, 0) is 63.3 Å². The van der Waals surface area contributed by atoms with Crippen LogP contribution in [-0.4, -0.2) is 87.7 Å². The molecule has 0 spiro atoms. The van der Waals surface area contributed by atoms with E-state index in [1.54, 1.807) is 0 Å². The zero-order chi connectivity index (χ0) is 19.5. The predicted molar refractivity (Wildman–Crippen MR) is 114 cm³/mol. The molecule has 5 aliphatic rings. The van der Waals surface area contributed by atoms with Crippen molar-refractivity contribution in [2.24, 2.45) is 11.8 Å². The van der Waals surface area contributed by atoms with Gasteiger partial charge in [-0.15, -0.1) is 0 Å². The first kappa shape index (κ1) is 20.6. The van der Waals surface area contributed by atoms with Gasteiger partial charge in [0.25, 0.3) is 0 Å². The van der Waals surface area contributed by atoms with Gasteiger partial charge in [0.15, 0.2) is 0 Å². The van der Waals surface area contributed by atoms with Crippen LogP contribution in [0, 0.1) is 11.8 Å². The largest absolute Gasteiger partial charge is 0.378 e. The van der Waals surface area contributed by atoms with Crippen molar-refractivity contribution in [3.05, 3.63) is 0 Å². The first-order valence-corrected chi connectivity index (χ1v) is 12.3. The summed E-state index contributed by atoms with van der Waals surface area (Å²) in [4.78, 5) is 2.73. The normalized spacial score (nSPS) is 45.3. The van der Waals surface area contributed by atoms with E-state index in [4.69, 9.17) is 9.47 Å². The molecule has 0 aromatic carbocycles. The molecule has 7 nitrogen and oxygen atoms in total. The van der Waals surface area contributed by atoms with E-state index in [-0.39, 0.29) is 0 Å². The van der Waals surface area contributed by atoms with Crippen molar-refractivity contribution in [1.82, 2.24) is 26.4 Å². The van der Waals surface area contributed by atoms with Gasteiger partial charge in [-0.25, -0.2) is 0 Å². The van der Waals surface area contributed by atoms with E-state index in [0.717, 1.165) is 45.8 Å². The number of fused-ring (bicyclic) bond motifs is 4. The fourth-order valence-electron chi connectivity index (χ4n) is 6.59. The lowest BCUT2D eigenvalue weighted by atomic mass is 9.71. The topological polar surface area (TPSA) is 69.8 Å². The average Bonchev–Trinajstić information content (AvgIpc) is 3.19. The Bertz CT molecular complexity index is 517. The van der Waals surface area contributed by atoms with E-state index >= 15 is 0 Å². The first-order chi connectivity index (χ1) is 14.4. The van der Waals surface area contributed by atoms with Crippen molar-refractivity contribution in [2.75, 3.05) is 52.5 Å². The van der Waals surface area contributed by atoms with E-state index in [2.05, 4.69) is 26.4 Å². The fraction of sp³-hybridized carbons (Fsp3) is 1.00. The highest BCUT2D eigenvalue weighted by atomic mass is 16.5. The number of ether oxygens (including phenoxy) is 2. The molecule has 4 bridgehead atoms. The quantitative estimate of drug-likeness (QED) is 0.504. The molecule has 2 saturated carbocycles. The maximum atomic E-state index is 6.44. The molecule has 0 aromatic rings. The van der Waals surface area contributed by atoms with Gasteiger partial charge in [-0.1, -0.05) is 0 Å². The standard InChI is InChI=1S/C22H41N5O2/c1-4-23-7-11-29-19-13-16(12-17(14-19)27-8-5-24-6-9-27)22-20-15-18(28-10-1)2-3-21(20)25-26-22/h16-26H,1-15H2. The summed E-state index contributed by atoms with van der Waals surface area (Å²) in [6.45, 7) is 8.33. The second-order valence-electron chi connectivity index (χ2n) is 9.89.